The van der Waals surface area contributed by atoms with Crippen LogP contribution in [0.1, 0.15) is 48.9 Å². The van der Waals surface area contributed by atoms with E-state index in [4.69, 9.17) is 9.47 Å². The van der Waals surface area contributed by atoms with Gasteiger partial charge in [-0.3, -0.25) is 9.59 Å². The maximum absolute atomic E-state index is 13.9. The van der Waals surface area contributed by atoms with Crippen molar-refractivity contribution in [3.63, 3.8) is 0 Å². The molecular weight excluding hydrogens is 542 g/mol. The summed E-state index contributed by atoms with van der Waals surface area (Å²) in [6.45, 7) is 2.52. The minimum absolute atomic E-state index is 0.0190. The molecule has 2 aromatic carbocycles. The van der Waals surface area contributed by atoms with E-state index in [2.05, 4.69) is 4.99 Å². The summed E-state index contributed by atoms with van der Waals surface area (Å²) in [4.78, 5) is 31.2. The molecule has 4 rings (SSSR count). The van der Waals surface area contributed by atoms with Crippen molar-refractivity contribution in [2.24, 2.45) is 4.99 Å². The highest BCUT2D eigenvalue weighted by Gasteiger charge is 2.41. The Bertz CT molecular complexity index is 1320. The zero-order valence-corrected chi connectivity index (χ0v) is 21.7. The monoisotopic (exact) mass is 568 g/mol. The van der Waals surface area contributed by atoms with Crippen LogP contribution in [0, 0.1) is 0 Å². The predicted molar refractivity (Wildman–Crippen MR) is 133 cm³/mol. The summed E-state index contributed by atoms with van der Waals surface area (Å²) in [5.74, 6) is -1.18. The molecule has 0 radical (unpaired) electrons. The van der Waals surface area contributed by atoms with Gasteiger partial charge in [0.1, 0.15) is 12.2 Å². The molecule has 40 heavy (non-hydrogen) atoms. The summed E-state index contributed by atoms with van der Waals surface area (Å²) >= 11 is 0. The Morgan fingerprint density at radius 1 is 1.05 bits per heavy atom. The van der Waals surface area contributed by atoms with Crippen LogP contribution in [0.5, 0.6) is 0 Å². The summed E-state index contributed by atoms with van der Waals surface area (Å²) in [6, 6.07) is 10.1. The van der Waals surface area contributed by atoms with E-state index in [0.717, 1.165) is 0 Å². The van der Waals surface area contributed by atoms with E-state index in [0.29, 0.717) is 23.3 Å². The first-order valence-corrected chi connectivity index (χ1v) is 12.4. The van der Waals surface area contributed by atoms with Gasteiger partial charge in [-0.2, -0.15) is 26.3 Å². The lowest BCUT2D eigenvalue weighted by atomic mass is 9.83. The molecule has 1 amide bonds. The highest BCUT2D eigenvalue weighted by molar-refractivity contribution is 6.24. The number of aliphatic imine (C=N–C) groups is 1. The predicted octanol–water partition coefficient (Wildman–Crippen LogP) is 6.05. The number of fused-ring (bicyclic) bond motifs is 1. The van der Waals surface area contributed by atoms with Gasteiger partial charge in [0.15, 0.2) is 0 Å². The fourth-order valence-corrected chi connectivity index (χ4v) is 4.66. The number of carbonyl (C=O) groups is 2. The second-order valence-electron chi connectivity index (χ2n) is 9.93. The van der Waals surface area contributed by atoms with E-state index in [1.54, 1.807) is 37.3 Å². The molecule has 0 bridgehead atoms. The van der Waals surface area contributed by atoms with Gasteiger partial charge in [-0.1, -0.05) is 30.3 Å². The molecule has 0 N–H and O–H groups in total. The van der Waals surface area contributed by atoms with Crippen LogP contribution in [-0.2, 0) is 38.0 Å². The lowest BCUT2D eigenvalue weighted by Crippen LogP contribution is -2.43. The molecule has 1 atom stereocenters. The van der Waals surface area contributed by atoms with E-state index in [9.17, 15) is 35.9 Å². The second-order valence-corrected chi connectivity index (χ2v) is 9.93. The first-order valence-electron chi connectivity index (χ1n) is 12.4. The van der Waals surface area contributed by atoms with E-state index in [1.165, 1.54) is 11.8 Å². The Balaban J connectivity index is 1.78. The number of hydrogen-bond acceptors (Lipinski definition) is 5. The second kappa shape index (κ2) is 11.0. The lowest BCUT2D eigenvalue weighted by molar-refractivity contribution is -0.144. The third-order valence-electron chi connectivity index (χ3n) is 6.49. The van der Waals surface area contributed by atoms with Gasteiger partial charge >= 0.3 is 18.3 Å². The van der Waals surface area contributed by atoms with Crippen LogP contribution in [0.2, 0.25) is 0 Å². The molecule has 2 aliphatic heterocycles. The Kier molecular flexibility index (Phi) is 8.00. The number of rotatable bonds is 5. The molecule has 6 nitrogen and oxygen atoms in total. The number of carbonyl (C=O) groups excluding carboxylic acids is 2. The molecule has 2 aliphatic rings. The molecule has 0 aromatic heterocycles. The summed E-state index contributed by atoms with van der Waals surface area (Å²) in [5, 5.41) is 0. The maximum atomic E-state index is 13.9. The Hall–Kier alpha value is -3.83. The molecule has 0 spiro atoms. The Labute approximate surface area is 226 Å². The topological polar surface area (TPSA) is 68.2 Å². The highest BCUT2D eigenvalue weighted by atomic mass is 19.4. The summed E-state index contributed by atoms with van der Waals surface area (Å²) in [7, 11) is 0. The number of dihydropyridines is 1. The Morgan fingerprint density at radius 3 is 2.25 bits per heavy atom. The number of ether oxygens (including phenoxy) is 2. The van der Waals surface area contributed by atoms with E-state index < -0.39 is 47.4 Å². The van der Waals surface area contributed by atoms with E-state index in [-0.39, 0.29) is 55.7 Å². The summed E-state index contributed by atoms with van der Waals surface area (Å²) in [6.07, 6.45) is -9.61. The van der Waals surface area contributed by atoms with E-state index >= 15 is 0 Å². The van der Waals surface area contributed by atoms with Crippen molar-refractivity contribution in [3.05, 3.63) is 76.4 Å². The molecule has 2 aromatic rings. The van der Waals surface area contributed by atoms with Gasteiger partial charge in [-0.25, -0.2) is 4.99 Å². The van der Waals surface area contributed by atoms with E-state index in [1.807, 2.05) is 0 Å². The number of esters is 1. The molecule has 1 unspecified atom stereocenters. The summed E-state index contributed by atoms with van der Waals surface area (Å²) < 4.78 is 91.7. The van der Waals surface area contributed by atoms with Gasteiger partial charge in [-0.15, -0.1) is 0 Å². The standard InChI is InChI=1S/C28H26F6N2O4/c1-17(37)40-16-26(2)14-22(19-7-4-3-5-8-19)23-24(35-26)39-10-6-9-36(25(23)38)15-18-11-20(27(29,30)31)13-21(12-18)28(32,33)34/h3-5,7-8,11-13H,6,9-10,14-16H2,1-2H3. The number of hydrogen-bond donors (Lipinski definition) is 0. The first kappa shape index (κ1) is 29.2. The molecule has 2 heterocycles. The third-order valence-corrected chi connectivity index (χ3v) is 6.49. The van der Waals surface area contributed by atoms with Crippen LogP contribution >= 0.6 is 0 Å². The smallest absolute Gasteiger partial charge is 0.416 e. The highest BCUT2D eigenvalue weighted by Crippen LogP contribution is 2.39. The molecule has 12 heteroatoms. The SMILES string of the molecule is CC(=O)OCC1(C)CC(c2ccccc2)=C2C(=O)N(Cc3cc(C(F)(F)F)cc(C(F)(F)F)c3)CCCOC2=N1. The normalized spacial score (nSPS) is 20.2. The number of benzene rings is 2. The van der Waals surface area contributed by atoms with Crippen LogP contribution in [0.25, 0.3) is 5.57 Å². The van der Waals surface area contributed by atoms with Crippen molar-refractivity contribution < 1.29 is 45.4 Å². The molecule has 1 fully saturated rings. The molecule has 0 saturated carbocycles. The number of halogens is 6. The average Bonchev–Trinajstić information content (AvgIpc) is 2.87. The van der Waals surface area contributed by atoms with Crippen LogP contribution in [-0.4, -0.2) is 48.0 Å². The van der Waals surface area contributed by atoms with Crippen molar-refractivity contribution in [1.82, 2.24) is 4.90 Å². The fourth-order valence-electron chi connectivity index (χ4n) is 4.66. The van der Waals surface area contributed by atoms with Gasteiger partial charge < -0.3 is 14.4 Å². The van der Waals surface area contributed by atoms with Gasteiger partial charge in [0.25, 0.3) is 5.91 Å². The largest absolute Gasteiger partial charge is 0.477 e. The van der Waals surface area contributed by atoms with Crippen molar-refractivity contribution in [2.45, 2.75) is 51.1 Å². The van der Waals surface area contributed by atoms with Crippen molar-refractivity contribution in [2.75, 3.05) is 19.8 Å². The average molecular weight is 569 g/mol. The Morgan fingerprint density at radius 2 is 1.68 bits per heavy atom. The molecular formula is C28H26F6N2O4. The van der Waals surface area contributed by atoms with Crippen molar-refractivity contribution in [1.29, 1.82) is 0 Å². The van der Waals surface area contributed by atoms with Crippen LogP contribution < -0.4 is 0 Å². The van der Waals surface area contributed by atoms with Crippen LogP contribution in [0.4, 0.5) is 26.3 Å². The maximum Gasteiger partial charge on any atom is 0.416 e. The quantitative estimate of drug-likeness (QED) is 0.325. The van der Waals surface area contributed by atoms with Gasteiger partial charge in [0.05, 0.1) is 23.3 Å². The van der Waals surface area contributed by atoms with Crippen molar-refractivity contribution in [3.8, 4) is 0 Å². The zero-order valence-electron chi connectivity index (χ0n) is 21.7. The fraction of sp³-hybridized carbons (Fsp3) is 0.393. The number of amides is 1. The zero-order chi connectivity index (χ0) is 29.3. The minimum Gasteiger partial charge on any atom is -0.477 e. The molecule has 214 valence electrons. The third kappa shape index (κ3) is 6.65. The lowest BCUT2D eigenvalue weighted by Gasteiger charge is -2.36. The van der Waals surface area contributed by atoms with Gasteiger partial charge in [0, 0.05) is 26.4 Å². The van der Waals surface area contributed by atoms with Gasteiger partial charge in [0.2, 0.25) is 5.90 Å². The van der Waals surface area contributed by atoms with Crippen LogP contribution in [0.15, 0.2) is 59.1 Å². The minimum atomic E-state index is -5.01. The summed E-state index contributed by atoms with van der Waals surface area (Å²) in [5.41, 5.74) is -2.98. The first-order chi connectivity index (χ1) is 18.7. The molecule has 0 aliphatic carbocycles. The van der Waals surface area contributed by atoms with Crippen LogP contribution in [0.3, 0.4) is 0 Å². The number of alkyl halides is 6. The number of nitrogens with zero attached hydrogens (tertiary/aromatic N) is 2. The van der Waals surface area contributed by atoms with Crippen molar-refractivity contribution >= 4 is 23.3 Å². The van der Waals surface area contributed by atoms with Gasteiger partial charge in [-0.05, 0) is 48.2 Å². The molecule has 1 saturated heterocycles.